The van der Waals surface area contributed by atoms with Gasteiger partial charge < -0.3 is 15.1 Å². The summed E-state index contributed by atoms with van der Waals surface area (Å²) in [6, 6.07) is 0. The van der Waals surface area contributed by atoms with Crippen molar-refractivity contribution in [2.75, 3.05) is 6.54 Å². The van der Waals surface area contributed by atoms with Gasteiger partial charge in [0.25, 0.3) is 0 Å². The Morgan fingerprint density at radius 3 is 2.42 bits per heavy atom. The summed E-state index contributed by atoms with van der Waals surface area (Å²) in [6.07, 6.45) is 13.3. The van der Waals surface area contributed by atoms with Gasteiger partial charge in [-0.05, 0) is 78.6 Å². The summed E-state index contributed by atoms with van der Waals surface area (Å²) in [4.78, 5) is 24.5. The summed E-state index contributed by atoms with van der Waals surface area (Å²) in [5.74, 6) is -0.00342. The van der Waals surface area contributed by atoms with Gasteiger partial charge in [0.1, 0.15) is 6.54 Å². The van der Waals surface area contributed by atoms with Crippen molar-refractivity contribution >= 4 is 11.9 Å². The Morgan fingerprint density at radius 1 is 1.00 bits per heavy atom. The van der Waals surface area contributed by atoms with Gasteiger partial charge in [0, 0.05) is 17.8 Å². The lowest BCUT2D eigenvalue weighted by Crippen LogP contribution is -2.58. The van der Waals surface area contributed by atoms with Crippen LogP contribution in [0.2, 0.25) is 0 Å². The Morgan fingerprint density at radius 2 is 1.74 bits per heavy atom. The van der Waals surface area contributed by atoms with E-state index < -0.39 is 11.9 Å². The zero-order valence-corrected chi connectivity index (χ0v) is 19.6. The van der Waals surface area contributed by atoms with Crippen molar-refractivity contribution in [1.82, 2.24) is 4.90 Å². The fourth-order valence-electron chi connectivity index (χ4n) is 8.38. The number of carboxylic acid groups (broad SMARTS) is 2. The number of hydrogen-bond donors (Lipinski definition) is 2. The average Bonchev–Trinajstić information content (AvgIpc) is 2.65. The first-order valence-corrected chi connectivity index (χ1v) is 12.1. The molecular formula is C26H39NO4. The standard InChI is InChI=1S/C26H39NO4/c1-24(2)11-5-12-26(4)20(24)10-13-25(3)19-14-18(7-9-22(28)29)27(16-23(30)31)15-17(19)6-8-21(25)26/h14-15,19-21H,5-13,16H2,1-4H3,(H,28,29)(H,30,31). The minimum absolute atomic E-state index is 0.0337. The molecule has 5 unspecified atom stereocenters. The first kappa shape index (κ1) is 22.4. The zero-order chi connectivity index (χ0) is 22.6. The van der Waals surface area contributed by atoms with E-state index >= 15 is 0 Å². The molecule has 0 aromatic heterocycles. The predicted octanol–water partition coefficient (Wildman–Crippen LogP) is 5.68. The second kappa shape index (κ2) is 7.67. The fourth-order valence-corrected chi connectivity index (χ4v) is 8.38. The molecule has 3 aliphatic carbocycles. The molecule has 0 bridgehead atoms. The Hall–Kier alpha value is -1.78. The van der Waals surface area contributed by atoms with Crippen LogP contribution >= 0.6 is 0 Å². The van der Waals surface area contributed by atoms with E-state index in [1.54, 1.807) is 4.90 Å². The smallest absolute Gasteiger partial charge is 0.323 e. The third kappa shape index (κ3) is 3.72. The highest BCUT2D eigenvalue weighted by molar-refractivity contribution is 5.70. The average molecular weight is 430 g/mol. The topological polar surface area (TPSA) is 77.8 Å². The number of rotatable bonds is 5. The quantitative estimate of drug-likeness (QED) is 0.588. The maximum absolute atomic E-state index is 11.4. The summed E-state index contributed by atoms with van der Waals surface area (Å²) >= 11 is 0. The molecule has 0 spiro atoms. The normalized spacial score (nSPS) is 38.8. The van der Waals surface area contributed by atoms with Crippen LogP contribution in [-0.2, 0) is 9.59 Å². The number of carbonyl (C=O) groups is 2. The van der Waals surface area contributed by atoms with Gasteiger partial charge >= 0.3 is 11.9 Å². The molecule has 0 saturated heterocycles. The molecule has 3 saturated carbocycles. The largest absolute Gasteiger partial charge is 0.481 e. The molecule has 4 rings (SSSR count). The van der Waals surface area contributed by atoms with E-state index in [0.717, 1.165) is 18.0 Å². The van der Waals surface area contributed by atoms with Crippen LogP contribution in [0.5, 0.6) is 0 Å². The van der Waals surface area contributed by atoms with Crippen LogP contribution in [0.15, 0.2) is 23.5 Å². The van der Waals surface area contributed by atoms with Gasteiger partial charge in [0.15, 0.2) is 0 Å². The molecule has 0 amide bonds. The molecule has 2 N–H and O–H groups in total. The number of carboxylic acids is 2. The number of nitrogens with zero attached hydrogens (tertiary/aromatic N) is 1. The predicted molar refractivity (Wildman–Crippen MR) is 120 cm³/mol. The van der Waals surface area contributed by atoms with E-state index in [-0.39, 0.29) is 18.4 Å². The Labute approximate surface area is 186 Å². The Balaban J connectivity index is 1.69. The number of fused-ring (bicyclic) bond motifs is 5. The third-order valence-electron chi connectivity index (χ3n) is 9.62. The SMILES string of the molecule is CC1(C)CCCC2(C)C1CCC1(C)C3C=C(CCC(=O)O)N(CC(=O)O)C=C3CCC12. The van der Waals surface area contributed by atoms with Crippen LogP contribution < -0.4 is 0 Å². The van der Waals surface area contributed by atoms with E-state index in [1.807, 2.05) is 0 Å². The second-order valence-corrected chi connectivity index (χ2v) is 11.8. The van der Waals surface area contributed by atoms with Crippen LogP contribution in [0.1, 0.15) is 85.5 Å². The fraction of sp³-hybridized carbons (Fsp3) is 0.769. The number of aliphatic carboxylic acids is 2. The number of allylic oxidation sites excluding steroid dienone is 3. The minimum Gasteiger partial charge on any atom is -0.481 e. The molecule has 0 radical (unpaired) electrons. The molecule has 4 aliphatic rings. The van der Waals surface area contributed by atoms with E-state index in [2.05, 4.69) is 40.0 Å². The van der Waals surface area contributed by atoms with Crippen LogP contribution in [-0.4, -0.2) is 33.6 Å². The third-order valence-corrected chi connectivity index (χ3v) is 9.62. The van der Waals surface area contributed by atoms with Crippen LogP contribution in [0.4, 0.5) is 0 Å². The van der Waals surface area contributed by atoms with Crippen molar-refractivity contribution < 1.29 is 19.8 Å². The van der Waals surface area contributed by atoms with Crippen molar-refractivity contribution in [1.29, 1.82) is 0 Å². The van der Waals surface area contributed by atoms with Gasteiger partial charge in [-0.1, -0.05) is 40.2 Å². The first-order chi connectivity index (χ1) is 14.5. The lowest BCUT2D eigenvalue weighted by molar-refractivity contribution is -0.148. The molecule has 1 heterocycles. The van der Waals surface area contributed by atoms with Crippen LogP contribution in [0, 0.1) is 34.0 Å². The van der Waals surface area contributed by atoms with E-state index in [0.29, 0.717) is 29.1 Å². The van der Waals surface area contributed by atoms with E-state index in [9.17, 15) is 19.8 Å². The highest BCUT2D eigenvalue weighted by atomic mass is 16.4. The Kier molecular flexibility index (Phi) is 5.54. The van der Waals surface area contributed by atoms with Crippen molar-refractivity contribution in [3.8, 4) is 0 Å². The van der Waals surface area contributed by atoms with Gasteiger partial charge in [-0.15, -0.1) is 0 Å². The van der Waals surface area contributed by atoms with Gasteiger partial charge in [-0.3, -0.25) is 9.59 Å². The zero-order valence-electron chi connectivity index (χ0n) is 19.6. The maximum Gasteiger partial charge on any atom is 0.323 e. The highest BCUT2D eigenvalue weighted by Crippen LogP contribution is 2.69. The maximum atomic E-state index is 11.4. The highest BCUT2D eigenvalue weighted by Gasteiger charge is 2.61. The molecule has 172 valence electrons. The van der Waals surface area contributed by atoms with Crippen molar-refractivity contribution in [3.63, 3.8) is 0 Å². The first-order valence-electron chi connectivity index (χ1n) is 12.1. The second-order valence-electron chi connectivity index (χ2n) is 11.8. The van der Waals surface area contributed by atoms with Crippen LogP contribution in [0.25, 0.3) is 0 Å². The lowest BCUT2D eigenvalue weighted by atomic mass is 9.39. The summed E-state index contributed by atoms with van der Waals surface area (Å²) in [7, 11) is 0. The molecule has 0 aromatic rings. The van der Waals surface area contributed by atoms with Gasteiger partial charge in [0.05, 0.1) is 6.42 Å². The summed E-state index contributed by atoms with van der Waals surface area (Å²) in [5, 5.41) is 18.6. The minimum atomic E-state index is -0.881. The molecule has 0 aromatic carbocycles. The summed E-state index contributed by atoms with van der Waals surface area (Å²) in [5.41, 5.74) is 3.13. The lowest BCUT2D eigenvalue weighted by Gasteiger charge is -2.66. The summed E-state index contributed by atoms with van der Waals surface area (Å²) in [6.45, 7) is 9.87. The van der Waals surface area contributed by atoms with E-state index in [1.165, 1.54) is 44.1 Å². The molecule has 5 atom stereocenters. The van der Waals surface area contributed by atoms with Crippen molar-refractivity contribution in [2.24, 2.45) is 34.0 Å². The van der Waals surface area contributed by atoms with Gasteiger partial charge in [0.2, 0.25) is 0 Å². The van der Waals surface area contributed by atoms with Gasteiger partial charge in [-0.2, -0.15) is 0 Å². The van der Waals surface area contributed by atoms with Crippen molar-refractivity contribution in [3.05, 3.63) is 23.5 Å². The van der Waals surface area contributed by atoms with Crippen LogP contribution in [0.3, 0.4) is 0 Å². The molecule has 5 heteroatoms. The Bertz CT molecular complexity index is 827. The van der Waals surface area contributed by atoms with Crippen molar-refractivity contribution in [2.45, 2.75) is 85.5 Å². The molecule has 3 fully saturated rings. The molecule has 31 heavy (non-hydrogen) atoms. The summed E-state index contributed by atoms with van der Waals surface area (Å²) < 4.78 is 0. The number of hydrogen-bond acceptors (Lipinski definition) is 3. The van der Waals surface area contributed by atoms with Gasteiger partial charge in [-0.25, -0.2) is 0 Å². The monoisotopic (exact) mass is 429 g/mol. The molecule has 5 nitrogen and oxygen atoms in total. The molecular weight excluding hydrogens is 390 g/mol. The molecule has 1 aliphatic heterocycles. The van der Waals surface area contributed by atoms with E-state index in [4.69, 9.17) is 0 Å².